The van der Waals surface area contributed by atoms with Gasteiger partial charge < -0.3 is 14.8 Å². The summed E-state index contributed by atoms with van der Waals surface area (Å²) in [6.07, 6.45) is 0. The topological polar surface area (TPSA) is 47.6 Å². The molecule has 0 fully saturated rings. The first-order valence-corrected chi connectivity index (χ1v) is 9.23. The van der Waals surface area contributed by atoms with Crippen molar-refractivity contribution in [2.24, 2.45) is 5.92 Å². The van der Waals surface area contributed by atoms with Gasteiger partial charge in [0.2, 0.25) is 0 Å². The van der Waals surface area contributed by atoms with Crippen LogP contribution in [-0.4, -0.2) is 19.6 Å². The van der Waals surface area contributed by atoms with Gasteiger partial charge in [-0.05, 0) is 41.7 Å². The molecule has 0 atom stereocenters. The van der Waals surface area contributed by atoms with Crippen molar-refractivity contribution in [2.75, 3.05) is 13.7 Å². The number of aryl methyl sites for hydroxylation is 1. The number of carbonyl (C=O) groups excluding carboxylic acids is 1. The summed E-state index contributed by atoms with van der Waals surface area (Å²) in [6, 6.07) is 9.99. The van der Waals surface area contributed by atoms with Gasteiger partial charge in [0.1, 0.15) is 0 Å². The minimum atomic E-state index is -0.00526. The molecule has 2 aromatic rings. The fraction of sp³-hybridized carbons (Fsp3) is 0.409. The summed E-state index contributed by atoms with van der Waals surface area (Å²) in [6.45, 7) is 11.4. The molecule has 2 aromatic carbocycles. The molecule has 0 unspecified atom stereocenters. The molecule has 1 heterocycles. The molecule has 1 amide bonds. The summed E-state index contributed by atoms with van der Waals surface area (Å²) in [5.74, 6) is 1.95. The Morgan fingerprint density at radius 3 is 2.42 bits per heavy atom. The van der Waals surface area contributed by atoms with Crippen molar-refractivity contribution in [1.82, 2.24) is 5.32 Å². The summed E-state index contributed by atoms with van der Waals surface area (Å²) >= 11 is 0. The lowest BCUT2D eigenvalue weighted by Gasteiger charge is -2.18. The number of fused-ring (bicyclic) bond motifs is 1. The van der Waals surface area contributed by atoms with Crippen LogP contribution in [0.3, 0.4) is 0 Å². The molecular weight excluding hydrogens is 326 g/mol. The third-order valence-electron chi connectivity index (χ3n) is 4.17. The van der Waals surface area contributed by atoms with Gasteiger partial charge in [-0.25, -0.2) is 0 Å². The Kier molecular flexibility index (Phi) is 6.67. The van der Waals surface area contributed by atoms with E-state index in [9.17, 15) is 4.79 Å². The number of nitrogens with one attached hydrogen (secondary N) is 1. The van der Waals surface area contributed by atoms with Crippen molar-refractivity contribution in [3.05, 3.63) is 47.0 Å². The molecular formula is C22H29NO3. The summed E-state index contributed by atoms with van der Waals surface area (Å²) in [4.78, 5) is 11.7. The van der Waals surface area contributed by atoms with Gasteiger partial charge in [0.25, 0.3) is 5.91 Å². The Labute approximate surface area is 156 Å². The molecule has 3 rings (SSSR count). The van der Waals surface area contributed by atoms with Crippen LogP contribution in [0.4, 0.5) is 0 Å². The van der Waals surface area contributed by atoms with Gasteiger partial charge in [-0.2, -0.15) is 0 Å². The van der Waals surface area contributed by atoms with Crippen LogP contribution in [-0.2, 0) is 6.54 Å². The monoisotopic (exact) mass is 355 g/mol. The average Bonchev–Trinajstić information content (AvgIpc) is 3.02. The summed E-state index contributed by atoms with van der Waals surface area (Å²) in [5, 5.41) is 2.86. The minimum Gasteiger partial charge on any atom is -0.493 e. The highest BCUT2D eigenvalue weighted by Gasteiger charge is 2.21. The lowest BCUT2D eigenvalue weighted by atomic mass is 9.98. The third kappa shape index (κ3) is 4.01. The van der Waals surface area contributed by atoms with E-state index in [0.717, 1.165) is 39.3 Å². The lowest BCUT2D eigenvalue weighted by Crippen LogP contribution is -2.12. The van der Waals surface area contributed by atoms with E-state index in [1.807, 2.05) is 39.0 Å². The van der Waals surface area contributed by atoms with Crippen LogP contribution in [0.1, 0.15) is 49.2 Å². The quantitative estimate of drug-likeness (QED) is 0.823. The van der Waals surface area contributed by atoms with Gasteiger partial charge in [0.15, 0.2) is 11.5 Å². The maximum Gasteiger partial charge on any atom is 0.251 e. The van der Waals surface area contributed by atoms with Gasteiger partial charge >= 0.3 is 0 Å². The molecule has 0 saturated carbocycles. The van der Waals surface area contributed by atoms with Crippen LogP contribution in [0.2, 0.25) is 0 Å². The maximum absolute atomic E-state index is 11.7. The predicted molar refractivity (Wildman–Crippen MR) is 106 cm³/mol. The van der Waals surface area contributed by atoms with Gasteiger partial charge in [-0.3, -0.25) is 4.79 Å². The van der Waals surface area contributed by atoms with Crippen LogP contribution in [0.15, 0.2) is 30.3 Å². The summed E-state index contributed by atoms with van der Waals surface area (Å²) in [7, 11) is 1.67. The predicted octanol–water partition coefficient (Wildman–Crippen LogP) is 4.98. The Morgan fingerprint density at radius 1 is 1.08 bits per heavy atom. The molecule has 26 heavy (non-hydrogen) atoms. The lowest BCUT2D eigenvalue weighted by molar-refractivity contribution is 0.0966. The van der Waals surface area contributed by atoms with E-state index in [4.69, 9.17) is 9.47 Å². The fourth-order valence-electron chi connectivity index (χ4n) is 2.94. The average molecular weight is 355 g/mol. The summed E-state index contributed by atoms with van der Waals surface area (Å²) < 4.78 is 11.7. The molecule has 0 aliphatic carbocycles. The highest BCUT2D eigenvalue weighted by atomic mass is 16.5. The third-order valence-corrected chi connectivity index (χ3v) is 4.17. The molecule has 140 valence electrons. The molecule has 0 bridgehead atoms. The van der Waals surface area contributed by atoms with Crippen molar-refractivity contribution < 1.29 is 14.3 Å². The number of methoxy groups -OCH3 is 1. The first-order chi connectivity index (χ1) is 12.5. The van der Waals surface area contributed by atoms with Gasteiger partial charge in [-0.1, -0.05) is 45.9 Å². The Balaban J connectivity index is 0.00000117. The number of ether oxygens (including phenoxy) is 2. The second-order valence-corrected chi connectivity index (χ2v) is 6.55. The van der Waals surface area contributed by atoms with Crippen LogP contribution >= 0.6 is 0 Å². The molecule has 0 aromatic heterocycles. The second kappa shape index (κ2) is 8.75. The SMILES string of the molecule is CC.COc1c(C)ccc(-c2ccc3c(c2)CNC3=O)c1OCC(C)C. The molecule has 0 saturated heterocycles. The van der Waals surface area contributed by atoms with Crippen molar-refractivity contribution in [3.8, 4) is 22.6 Å². The van der Waals surface area contributed by atoms with E-state index in [1.54, 1.807) is 7.11 Å². The van der Waals surface area contributed by atoms with Crippen molar-refractivity contribution >= 4 is 5.91 Å². The Hall–Kier alpha value is -2.49. The Bertz CT molecular complexity index is 781. The molecule has 1 aliphatic heterocycles. The number of rotatable bonds is 5. The molecule has 0 radical (unpaired) electrons. The standard InChI is InChI=1S/C20H23NO3.C2H6/c1-12(2)11-24-19-16(7-5-13(3)18(19)23-4)14-6-8-17-15(9-14)10-21-20(17)22;1-2/h5-9,12H,10-11H2,1-4H3,(H,21,22);1-2H3. The number of carbonyl (C=O) groups is 1. The van der Waals surface area contributed by atoms with Crippen molar-refractivity contribution in [1.29, 1.82) is 0 Å². The van der Waals surface area contributed by atoms with Crippen LogP contribution in [0.5, 0.6) is 11.5 Å². The maximum atomic E-state index is 11.7. The number of hydrogen-bond donors (Lipinski definition) is 1. The van der Waals surface area contributed by atoms with Crippen LogP contribution in [0, 0.1) is 12.8 Å². The number of amides is 1. The van der Waals surface area contributed by atoms with Gasteiger partial charge in [-0.15, -0.1) is 0 Å². The van der Waals surface area contributed by atoms with Crippen molar-refractivity contribution in [2.45, 2.75) is 41.2 Å². The summed E-state index contributed by atoms with van der Waals surface area (Å²) in [5.41, 5.74) is 4.83. The second-order valence-electron chi connectivity index (χ2n) is 6.55. The van der Waals surface area contributed by atoms with E-state index in [0.29, 0.717) is 19.1 Å². The molecule has 1 N–H and O–H groups in total. The largest absolute Gasteiger partial charge is 0.493 e. The zero-order valence-electron chi connectivity index (χ0n) is 16.6. The highest BCUT2D eigenvalue weighted by molar-refractivity contribution is 5.99. The smallest absolute Gasteiger partial charge is 0.251 e. The van der Waals surface area contributed by atoms with Gasteiger partial charge in [0.05, 0.1) is 13.7 Å². The first kappa shape index (κ1) is 19.8. The molecule has 1 aliphatic rings. The Morgan fingerprint density at radius 2 is 1.77 bits per heavy atom. The minimum absolute atomic E-state index is 0.00526. The van der Waals surface area contributed by atoms with E-state index < -0.39 is 0 Å². The molecule has 4 nitrogen and oxygen atoms in total. The highest BCUT2D eigenvalue weighted by Crippen LogP contribution is 2.41. The van der Waals surface area contributed by atoms with Gasteiger partial charge in [0, 0.05) is 17.7 Å². The number of hydrogen-bond acceptors (Lipinski definition) is 3. The van der Waals surface area contributed by atoms with E-state index >= 15 is 0 Å². The normalized spacial score (nSPS) is 12.2. The number of benzene rings is 2. The van der Waals surface area contributed by atoms with E-state index in [2.05, 4.69) is 31.3 Å². The van der Waals surface area contributed by atoms with E-state index in [1.165, 1.54) is 0 Å². The van der Waals surface area contributed by atoms with Crippen molar-refractivity contribution in [3.63, 3.8) is 0 Å². The molecule has 4 heteroatoms. The van der Waals surface area contributed by atoms with E-state index in [-0.39, 0.29) is 5.91 Å². The van der Waals surface area contributed by atoms with Crippen LogP contribution < -0.4 is 14.8 Å². The first-order valence-electron chi connectivity index (χ1n) is 9.23. The zero-order chi connectivity index (χ0) is 19.3. The zero-order valence-corrected chi connectivity index (χ0v) is 16.6. The molecule has 0 spiro atoms. The van der Waals surface area contributed by atoms with Crippen LogP contribution in [0.25, 0.3) is 11.1 Å². The fourth-order valence-corrected chi connectivity index (χ4v) is 2.94.